The largest absolute Gasteiger partial charge is 0.344 e. The second kappa shape index (κ2) is 2.97. The van der Waals surface area contributed by atoms with Crippen molar-refractivity contribution >= 4 is 0 Å². The fourth-order valence-electron chi connectivity index (χ4n) is 0. The number of halogens is 1. The molecule has 46 valence electrons. The van der Waals surface area contributed by atoms with E-state index in [9.17, 15) is 4.39 Å². The van der Waals surface area contributed by atoms with E-state index in [1.165, 1.54) is 0 Å². The zero-order valence-corrected chi connectivity index (χ0v) is 5.29. The molecule has 0 saturated carbocycles. The summed E-state index contributed by atoms with van der Waals surface area (Å²) in [5.41, 5.74) is -0.958. The van der Waals surface area contributed by atoms with E-state index in [0.717, 1.165) is 0 Å². The molecule has 7 heavy (non-hydrogen) atoms. The van der Waals surface area contributed by atoms with Crippen LogP contribution >= 0.6 is 0 Å². The molecule has 0 unspecified atom stereocenters. The van der Waals surface area contributed by atoms with Gasteiger partial charge in [0.2, 0.25) is 0 Å². The summed E-state index contributed by atoms with van der Waals surface area (Å²) in [4.78, 5) is 0. The monoisotopic (exact) mass is 107 g/mol. The Hall–Kier alpha value is -0.110. The van der Waals surface area contributed by atoms with E-state index < -0.39 is 5.67 Å². The van der Waals surface area contributed by atoms with Gasteiger partial charge in [0.05, 0.1) is 0 Å². The van der Waals surface area contributed by atoms with Crippen LogP contribution in [0.2, 0.25) is 0 Å². The predicted octanol–water partition coefficient (Wildman–Crippen LogP) is 2.31. The first-order valence-electron chi connectivity index (χ1n) is 2.25. The Morgan fingerprint density at radius 3 is 1.57 bits per heavy atom. The molecule has 0 aromatic rings. The van der Waals surface area contributed by atoms with Crippen molar-refractivity contribution in [2.24, 2.45) is 0 Å². The summed E-state index contributed by atoms with van der Waals surface area (Å²) in [7, 11) is 0. The van der Waals surface area contributed by atoms with Gasteiger partial charge in [0.25, 0.3) is 0 Å². The van der Waals surface area contributed by atoms with Gasteiger partial charge >= 0.3 is 0 Å². The minimum atomic E-state index is -0.958. The van der Waals surface area contributed by atoms with Gasteiger partial charge in [-0.25, -0.2) is 4.39 Å². The maximum Gasteiger partial charge on any atom is 0.105 e. The molecule has 0 aromatic heterocycles. The minimum absolute atomic E-state index is 0. The molecule has 3 N–H and O–H groups in total. The number of alkyl halides is 1. The first-order valence-corrected chi connectivity index (χ1v) is 2.25. The quantitative estimate of drug-likeness (QED) is 0.548. The molecule has 0 fully saturated rings. The smallest absolute Gasteiger partial charge is 0.105 e. The lowest BCUT2D eigenvalue weighted by Crippen LogP contribution is -2.07. The number of rotatable bonds is 1. The van der Waals surface area contributed by atoms with Crippen molar-refractivity contribution < 1.29 is 4.39 Å². The van der Waals surface area contributed by atoms with Gasteiger partial charge < -0.3 is 6.15 Å². The van der Waals surface area contributed by atoms with Crippen molar-refractivity contribution in [3.8, 4) is 0 Å². The number of hydrogen-bond acceptors (Lipinski definition) is 1. The summed E-state index contributed by atoms with van der Waals surface area (Å²) in [5.74, 6) is 0. The Morgan fingerprint density at radius 2 is 1.57 bits per heavy atom. The normalized spacial score (nSPS) is 10.3. The molecule has 0 aromatic carbocycles. The summed E-state index contributed by atoms with van der Waals surface area (Å²) < 4.78 is 12.1. The Morgan fingerprint density at radius 1 is 1.43 bits per heavy atom. The van der Waals surface area contributed by atoms with E-state index >= 15 is 0 Å². The molecule has 0 aliphatic heterocycles. The van der Waals surface area contributed by atoms with Crippen molar-refractivity contribution in [1.29, 1.82) is 0 Å². The second-order valence-corrected chi connectivity index (χ2v) is 2.07. The van der Waals surface area contributed by atoms with Crippen LogP contribution in [0.3, 0.4) is 0 Å². The first kappa shape index (κ1) is 10.00. The van der Waals surface area contributed by atoms with Crippen molar-refractivity contribution in [2.75, 3.05) is 0 Å². The molecule has 0 amide bonds. The van der Waals surface area contributed by atoms with Gasteiger partial charge in [0.1, 0.15) is 5.67 Å². The summed E-state index contributed by atoms with van der Waals surface area (Å²) in [6.07, 6.45) is 0.604. The van der Waals surface area contributed by atoms with E-state index in [4.69, 9.17) is 0 Å². The average Bonchev–Trinajstić information content (AvgIpc) is 1.35. The summed E-state index contributed by atoms with van der Waals surface area (Å²) in [5, 5.41) is 0. The highest BCUT2D eigenvalue weighted by molar-refractivity contribution is 4.60. The number of hydrogen-bond donors (Lipinski definition) is 1. The fraction of sp³-hybridized carbons (Fsp3) is 1.00. The zero-order chi connectivity index (χ0) is 5.21. The third kappa shape index (κ3) is 10.7. The predicted molar refractivity (Wildman–Crippen MR) is 30.5 cm³/mol. The Labute approximate surface area is 44.5 Å². The van der Waals surface area contributed by atoms with Gasteiger partial charge in [-0.1, -0.05) is 6.92 Å². The first-order chi connectivity index (χ1) is 2.56. The highest BCUT2D eigenvalue weighted by Gasteiger charge is 2.09. The van der Waals surface area contributed by atoms with Crippen LogP contribution in [0.4, 0.5) is 4.39 Å². The summed E-state index contributed by atoms with van der Waals surface area (Å²) >= 11 is 0. The van der Waals surface area contributed by atoms with E-state index in [0.29, 0.717) is 6.42 Å². The van der Waals surface area contributed by atoms with E-state index in [-0.39, 0.29) is 6.15 Å². The lowest BCUT2D eigenvalue weighted by atomic mass is 10.1. The van der Waals surface area contributed by atoms with Gasteiger partial charge in [0, 0.05) is 0 Å². The summed E-state index contributed by atoms with van der Waals surface area (Å²) in [6.45, 7) is 4.99. The topological polar surface area (TPSA) is 35.0 Å². The third-order valence-corrected chi connectivity index (χ3v) is 0.841. The molecule has 0 atom stereocenters. The van der Waals surface area contributed by atoms with Crippen LogP contribution in [0.5, 0.6) is 0 Å². The van der Waals surface area contributed by atoms with Gasteiger partial charge in [-0.2, -0.15) is 0 Å². The van der Waals surface area contributed by atoms with Crippen molar-refractivity contribution in [2.45, 2.75) is 32.9 Å². The molecule has 0 radical (unpaired) electrons. The molecule has 0 rings (SSSR count). The van der Waals surface area contributed by atoms with Crippen LogP contribution in [-0.4, -0.2) is 5.67 Å². The molecule has 0 aliphatic rings. The van der Waals surface area contributed by atoms with Crippen LogP contribution < -0.4 is 6.15 Å². The highest BCUT2D eigenvalue weighted by atomic mass is 19.1. The van der Waals surface area contributed by atoms with E-state index in [1.54, 1.807) is 13.8 Å². The van der Waals surface area contributed by atoms with E-state index in [1.807, 2.05) is 6.92 Å². The molecule has 0 saturated heterocycles. The molecule has 0 heterocycles. The molecular formula is C5H14FN. The molecule has 0 spiro atoms. The van der Waals surface area contributed by atoms with Crippen molar-refractivity contribution in [1.82, 2.24) is 6.15 Å². The van der Waals surface area contributed by atoms with Crippen LogP contribution in [-0.2, 0) is 0 Å². The Balaban J connectivity index is 0. The van der Waals surface area contributed by atoms with Gasteiger partial charge in [0.15, 0.2) is 0 Å². The lowest BCUT2D eigenvalue weighted by Gasteiger charge is -2.07. The maximum absolute atomic E-state index is 12.1. The summed E-state index contributed by atoms with van der Waals surface area (Å²) in [6, 6.07) is 0. The molecule has 2 heteroatoms. The second-order valence-electron chi connectivity index (χ2n) is 2.07. The zero-order valence-electron chi connectivity index (χ0n) is 5.29. The van der Waals surface area contributed by atoms with Gasteiger partial charge in [-0.05, 0) is 20.3 Å². The third-order valence-electron chi connectivity index (χ3n) is 0.841. The maximum atomic E-state index is 12.1. The standard InChI is InChI=1S/C5H11F.H3N/c1-4-5(2,3)6;/h4H2,1-3H3;1H3. The highest BCUT2D eigenvalue weighted by Crippen LogP contribution is 2.10. The molecule has 0 bridgehead atoms. The van der Waals surface area contributed by atoms with Crippen LogP contribution in [0.15, 0.2) is 0 Å². The van der Waals surface area contributed by atoms with Crippen LogP contribution in [0, 0.1) is 0 Å². The average molecular weight is 107 g/mol. The SMILES string of the molecule is CCC(C)(C)F.N. The lowest BCUT2D eigenvalue weighted by molar-refractivity contribution is 0.210. The van der Waals surface area contributed by atoms with Crippen LogP contribution in [0.25, 0.3) is 0 Å². The Kier molecular flexibility index (Phi) is 4.24. The van der Waals surface area contributed by atoms with E-state index in [2.05, 4.69) is 0 Å². The van der Waals surface area contributed by atoms with Gasteiger partial charge in [-0.3, -0.25) is 0 Å². The molecule has 1 nitrogen and oxygen atoms in total. The van der Waals surface area contributed by atoms with Crippen molar-refractivity contribution in [3.63, 3.8) is 0 Å². The van der Waals surface area contributed by atoms with Gasteiger partial charge in [-0.15, -0.1) is 0 Å². The molecule has 0 aliphatic carbocycles. The van der Waals surface area contributed by atoms with Crippen LogP contribution in [0.1, 0.15) is 27.2 Å². The van der Waals surface area contributed by atoms with Crippen molar-refractivity contribution in [3.05, 3.63) is 0 Å². The minimum Gasteiger partial charge on any atom is -0.344 e. The Bertz CT molecular complexity index is 37.8. The fourth-order valence-corrected chi connectivity index (χ4v) is 0. The molecular weight excluding hydrogens is 93.1 g/mol.